The zero-order chi connectivity index (χ0) is 17.6. The largest absolute Gasteiger partial charge is 0.325 e. The highest BCUT2D eigenvalue weighted by Crippen LogP contribution is 2.31. The third kappa shape index (κ3) is 4.63. The smallest absolute Gasteiger partial charge is 0.255 e. The molecule has 0 aliphatic carbocycles. The summed E-state index contributed by atoms with van der Waals surface area (Å²) in [6, 6.07) is 13.4. The monoisotopic (exact) mass is 354 g/mol. The maximum Gasteiger partial charge on any atom is 0.255 e. The molecule has 4 nitrogen and oxygen atoms in total. The Morgan fingerprint density at radius 2 is 2.00 bits per heavy atom. The summed E-state index contributed by atoms with van der Waals surface area (Å²) >= 11 is 1.63. The molecule has 0 spiro atoms. The van der Waals surface area contributed by atoms with Crippen molar-refractivity contribution in [2.75, 3.05) is 16.4 Å². The quantitative estimate of drug-likeness (QED) is 0.817. The van der Waals surface area contributed by atoms with E-state index in [2.05, 4.69) is 29.7 Å². The van der Waals surface area contributed by atoms with E-state index in [1.165, 1.54) is 18.4 Å². The van der Waals surface area contributed by atoms with Crippen LogP contribution in [0.2, 0.25) is 0 Å². The minimum absolute atomic E-state index is 0.00789. The van der Waals surface area contributed by atoms with E-state index in [0.29, 0.717) is 12.0 Å². The fraction of sp³-hybridized carbons (Fsp3) is 0.300. The zero-order valence-electron chi connectivity index (χ0n) is 14.3. The molecular weight excluding hydrogens is 332 g/mol. The molecule has 0 radical (unpaired) electrons. The second-order valence-corrected chi connectivity index (χ2v) is 7.25. The van der Waals surface area contributed by atoms with Crippen molar-refractivity contribution in [2.24, 2.45) is 0 Å². The van der Waals surface area contributed by atoms with Crippen molar-refractivity contribution >= 4 is 35.0 Å². The first-order chi connectivity index (χ1) is 12.2. The van der Waals surface area contributed by atoms with E-state index < -0.39 is 0 Å². The lowest BCUT2D eigenvalue weighted by atomic mass is 10.1. The molecule has 2 aromatic carbocycles. The summed E-state index contributed by atoms with van der Waals surface area (Å²) in [4.78, 5) is 25.2. The highest BCUT2D eigenvalue weighted by molar-refractivity contribution is 7.99. The molecule has 5 heteroatoms. The van der Waals surface area contributed by atoms with E-state index in [-0.39, 0.29) is 11.8 Å². The summed E-state index contributed by atoms with van der Waals surface area (Å²) in [6.45, 7) is 2.18. The van der Waals surface area contributed by atoms with Gasteiger partial charge in [0.05, 0.1) is 5.69 Å². The Labute approximate surface area is 152 Å². The van der Waals surface area contributed by atoms with Gasteiger partial charge in [0.25, 0.3) is 5.91 Å². The van der Waals surface area contributed by atoms with E-state index in [4.69, 9.17) is 0 Å². The van der Waals surface area contributed by atoms with Gasteiger partial charge in [-0.25, -0.2) is 0 Å². The Kier molecular flexibility index (Phi) is 5.76. The number of benzene rings is 2. The van der Waals surface area contributed by atoms with E-state index in [9.17, 15) is 9.59 Å². The first kappa shape index (κ1) is 17.5. The average Bonchev–Trinajstić information content (AvgIpc) is 2.80. The molecule has 3 rings (SSSR count). The minimum Gasteiger partial charge on any atom is -0.325 e. The van der Waals surface area contributed by atoms with Crippen molar-refractivity contribution in [1.29, 1.82) is 0 Å². The summed E-state index contributed by atoms with van der Waals surface area (Å²) in [5, 5.41) is 5.79. The van der Waals surface area contributed by atoms with Crippen LogP contribution in [0.1, 0.15) is 42.1 Å². The highest BCUT2D eigenvalue weighted by atomic mass is 32.2. The number of nitrogens with one attached hydrogen (secondary N) is 2. The minimum atomic E-state index is -0.174. The van der Waals surface area contributed by atoms with Crippen LogP contribution in [-0.2, 0) is 11.2 Å². The third-order valence-corrected chi connectivity index (χ3v) is 5.21. The van der Waals surface area contributed by atoms with Crippen molar-refractivity contribution < 1.29 is 9.59 Å². The van der Waals surface area contributed by atoms with E-state index in [0.717, 1.165) is 28.4 Å². The van der Waals surface area contributed by atoms with Gasteiger partial charge in [0, 0.05) is 28.3 Å². The van der Waals surface area contributed by atoms with Crippen LogP contribution in [0.5, 0.6) is 0 Å². The molecule has 0 aromatic heterocycles. The fourth-order valence-electron chi connectivity index (χ4n) is 2.70. The number of anilines is 2. The molecule has 2 amide bonds. The molecule has 0 atom stereocenters. The average molecular weight is 354 g/mol. The molecule has 0 unspecified atom stereocenters. The number of rotatable bonds is 5. The molecule has 1 aliphatic rings. The molecule has 0 saturated carbocycles. The third-order valence-electron chi connectivity index (χ3n) is 4.13. The molecule has 25 heavy (non-hydrogen) atoms. The normalized spacial score (nSPS) is 13.6. The maximum atomic E-state index is 12.5. The van der Waals surface area contributed by atoms with E-state index >= 15 is 0 Å². The van der Waals surface area contributed by atoms with Gasteiger partial charge in [0.1, 0.15) is 0 Å². The van der Waals surface area contributed by atoms with Gasteiger partial charge in [-0.1, -0.05) is 25.5 Å². The summed E-state index contributed by atoms with van der Waals surface area (Å²) in [7, 11) is 0. The predicted octanol–water partition coefficient (Wildman–Crippen LogP) is 4.72. The molecule has 1 aliphatic heterocycles. The topological polar surface area (TPSA) is 58.2 Å². The zero-order valence-corrected chi connectivity index (χ0v) is 15.1. The Morgan fingerprint density at radius 1 is 1.20 bits per heavy atom. The van der Waals surface area contributed by atoms with Crippen molar-refractivity contribution in [3.8, 4) is 0 Å². The summed E-state index contributed by atoms with van der Waals surface area (Å²) in [5.41, 5.74) is 3.31. The first-order valence-corrected chi connectivity index (χ1v) is 9.61. The number of hydrogen-bond donors (Lipinski definition) is 2. The molecule has 2 N–H and O–H groups in total. The lowest BCUT2D eigenvalue weighted by Gasteiger charge is -2.10. The van der Waals surface area contributed by atoms with Crippen molar-refractivity contribution in [1.82, 2.24) is 0 Å². The Morgan fingerprint density at radius 3 is 2.76 bits per heavy atom. The lowest BCUT2D eigenvalue weighted by molar-refractivity contribution is -0.115. The number of carbonyl (C=O) groups excluding carboxylic acids is 2. The molecule has 0 fully saturated rings. The van der Waals surface area contributed by atoms with Crippen LogP contribution in [0.4, 0.5) is 11.4 Å². The van der Waals surface area contributed by atoms with Crippen LogP contribution in [0.25, 0.3) is 0 Å². The van der Waals surface area contributed by atoms with Crippen LogP contribution >= 0.6 is 11.8 Å². The van der Waals surface area contributed by atoms with Crippen LogP contribution < -0.4 is 10.6 Å². The SMILES string of the molecule is CCCCc1ccc(NC(=O)c2ccc3c(c2)NC(=O)CCS3)cc1. The van der Waals surface area contributed by atoms with Gasteiger partial charge in [-0.05, 0) is 48.7 Å². The summed E-state index contributed by atoms with van der Waals surface area (Å²) < 4.78 is 0. The molecule has 0 saturated heterocycles. The van der Waals surface area contributed by atoms with Crippen molar-refractivity contribution in [3.05, 3.63) is 53.6 Å². The molecule has 0 bridgehead atoms. The lowest BCUT2D eigenvalue weighted by Crippen LogP contribution is -2.14. The number of hydrogen-bond acceptors (Lipinski definition) is 3. The number of thioether (sulfide) groups is 1. The van der Waals surface area contributed by atoms with Crippen molar-refractivity contribution in [2.45, 2.75) is 37.5 Å². The second-order valence-electron chi connectivity index (χ2n) is 6.11. The van der Waals surface area contributed by atoms with Crippen LogP contribution in [0.3, 0.4) is 0 Å². The molecule has 130 valence electrons. The van der Waals surface area contributed by atoms with Gasteiger partial charge in [-0.3, -0.25) is 9.59 Å². The predicted molar refractivity (Wildman–Crippen MR) is 103 cm³/mol. The number of aryl methyl sites for hydroxylation is 1. The van der Waals surface area contributed by atoms with Gasteiger partial charge in [0.2, 0.25) is 5.91 Å². The van der Waals surface area contributed by atoms with Gasteiger partial charge >= 0.3 is 0 Å². The van der Waals surface area contributed by atoms with E-state index in [1.807, 2.05) is 18.2 Å². The second kappa shape index (κ2) is 8.21. The maximum absolute atomic E-state index is 12.5. The number of amides is 2. The summed E-state index contributed by atoms with van der Waals surface area (Å²) in [6.07, 6.45) is 3.90. The van der Waals surface area contributed by atoms with Crippen LogP contribution in [0.15, 0.2) is 47.4 Å². The Balaban J connectivity index is 1.70. The fourth-order valence-corrected chi connectivity index (χ4v) is 3.64. The highest BCUT2D eigenvalue weighted by Gasteiger charge is 2.15. The molecular formula is C20H22N2O2S. The van der Waals surface area contributed by atoms with Crippen molar-refractivity contribution in [3.63, 3.8) is 0 Å². The van der Waals surface area contributed by atoms with Gasteiger partial charge in [-0.2, -0.15) is 0 Å². The van der Waals surface area contributed by atoms with Gasteiger partial charge < -0.3 is 10.6 Å². The van der Waals surface area contributed by atoms with Gasteiger partial charge in [-0.15, -0.1) is 11.8 Å². The van der Waals surface area contributed by atoms with Crippen LogP contribution in [-0.4, -0.2) is 17.6 Å². The molecule has 2 aromatic rings. The number of unbranched alkanes of at least 4 members (excludes halogenated alkanes) is 1. The van der Waals surface area contributed by atoms with Crippen LogP contribution in [0, 0.1) is 0 Å². The first-order valence-electron chi connectivity index (χ1n) is 8.62. The Bertz CT molecular complexity index is 772. The molecule has 1 heterocycles. The van der Waals surface area contributed by atoms with Gasteiger partial charge in [0.15, 0.2) is 0 Å². The summed E-state index contributed by atoms with van der Waals surface area (Å²) in [5.74, 6) is 0.577. The Hall–Kier alpha value is -2.27. The number of fused-ring (bicyclic) bond motifs is 1. The standard InChI is InChI=1S/C20H22N2O2S/c1-2-3-4-14-5-8-16(9-6-14)21-20(24)15-7-10-18-17(13-15)22-19(23)11-12-25-18/h5-10,13H,2-4,11-12H2,1H3,(H,21,24)(H,22,23). The van der Waals surface area contributed by atoms with E-state index in [1.54, 1.807) is 23.9 Å². The number of carbonyl (C=O) groups is 2.